The van der Waals surface area contributed by atoms with Crippen LogP contribution in [0, 0.1) is 0 Å². The van der Waals surface area contributed by atoms with Gasteiger partial charge in [-0.25, -0.2) is 8.42 Å². The highest BCUT2D eigenvalue weighted by molar-refractivity contribution is 7.92. The van der Waals surface area contributed by atoms with Crippen molar-refractivity contribution in [1.29, 1.82) is 0 Å². The molecule has 1 heterocycles. The normalized spacial score (nSPS) is 13.7. The van der Waals surface area contributed by atoms with Crippen LogP contribution in [0.15, 0.2) is 47.4 Å². The number of rotatable bonds is 4. The highest BCUT2D eigenvalue weighted by Gasteiger charge is 2.19. The molecule has 136 valence electrons. The Morgan fingerprint density at radius 3 is 2.50 bits per heavy atom. The number of sulfonamides is 1. The van der Waals surface area contributed by atoms with Crippen molar-refractivity contribution >= 4 is 33.2 Å². The van der Waals surface area contributed by atoms with Gasteiger partial charge >= 0.3 is 0 Å². The van der Waals surface area contributed by atoms with E-state index in [1.165, 1.54) is 43.3 Å². The zero-order valence-electron chi connectivity index (χ0n) is 13.9. The molecule has 3 N–H and O–H groups in total. The van der Waals surface area contributed by atoms with E-state index >= 15 is 0 Å². The lowest BCUT2D eigenvalue weighted by Gasteiger charge is -2.11. The summed E-state index contributed by atoms with van der Waals surface area (Å²) in [5.74, 6) is -0.162. The molecule has 2 aromatic rings. The lowest BCUT2D eigenvalue weighted by Crippen LogP contribution is -2.24. The van der Waals surface area contributed by atoms with E-state index in [1.807, 2.05) is 0 Å². The number of nitrogens with one attached hydrogen (secondary N) is 3. The van der Waals surface area contributed by atoms with Crippen LogP contribution in [-0.2, 0) is 14.8 Å². The maximum atomic E-state index is 12.5. The zero-order valence-corrected chi connectivity index (χ0v) is 14.7. The number of carbonyl (C=O) groups excluding carboxylic acids is 2. The molecule has 26 heavy (non-hydrogen) atoms. The first-order valence-corrected chi connectivity index (χ1v) is 9.29. The number of fused-ring (bicyclic) bond motifs is 1. The van der Waals surface area contributed by atoms with Gasteiger partial charge in [0.15, 0.2) is 0 Å². The summed E-state index contributed by atoms with van der Waals surface area (Å²) in [7, 11) is -3.85. The summed E-state index contributed by atoms with van der Waals surface area (Å²) >= 11 is 0. The molecule has 2 amide bonds. The largest absolute Gasteiger partial charge is 0.491 e. The highest BCUT2D eigenvalue weighted by Crippen LogP contribution is 2.26. The predicted octanol–water partition coefficient (Wildman–Crippen LogP) is 1.57. The first-order chi connectivity index (χ1) is 12.3. The van der Waals surface area contributed by atoms with Gasteiger partial charge in [0.2, 0.25) is 5.91 Å². The number of hydrogen-bond acceptors (Lipinski definition) is 5. The second-order valence-corrected chi connectivity index (χ2v) is 7.31. The van der Waals surface area contributed by atoms with Gasteiger partial charge < -0.3 is 15.4 Å². The number of hydrogen-bond donors (Lipinski definition) is 3. The van der Waals surface area contributed by atoms with Crippen LogP contribution in [0.1, 0.15) is 17.3 Å². The summed E-state index contributed by atoms with van der Waals surface area (Å²) in [6, 6.07) is 10.3. The molecule has 0 fully saturated rings. The number of amides is 2. The maximum absolute atomic E-state index is 12.5. The number of anilines is 2. The molecular weight excluding hydrogens is 358 g/mol. The van der Waals surface area contributed by atoms with Gasteiger partial charge in [0, 0.05) is 18.3 Å². The number of ether oxygens (including phenoxy) is 1. The Hall–Kier alpha value is -3.07. The topological polar surface area (TPSA) is 114 Å². The van der Waals surface area contributed by atoms with Gasteiger partial charge in [-0.2, -0.15) is 0 Å². The van der Waals surface area contributed by atoms with Gasteiger partial charge in [-0.1, -0.05) is 0 Å². The average molecular weight is 375 g/mol. The van der Waals surface area contributed by atoms with E-state index in [-0.39, 0.29) is 28.0 Å². The first kappa shape index (κ1) is 17.7. The molecule has 0 aromatic heterocycles. The van der Waals surface area contributed by atoms with E-state index in [0.29, 0.717) is 24.6 Å². The molecule has 3 rings (SSSR count). The summed E-state index contributed by atoms with van der Waals surface area (Å²) in [4.78, 5) is 23.1. The molecule has 0 radical (unpaired) electrons. The third-order valence-electron chi connectivity index (χ3n) is 3.61. The molecule has 2 aromatic carbocycles. The highest BCUT2D eigenvalue weighted by atomic mass is 32.2. The SMILES string of the molecule is CC(=O)Nc1ccc(S(=O)(=O)Nc2ccc3c(c2)C(=O)NCCO3)cc1. The molecule has 1 aliphatic heterocycles. The first-order valence-electron chi connectivity index (χ1n) is 7.81. The summed E-state index contributed by atoms with van der Waals surface area (Å²) in [6.07, 6.45) is 0. The second kappa shape index (κ2) is 7.04. The van der Waals surface area contributed by atoms with E-state index in [9.17, 15) is 18.0 Å². The van der Waals surface area contributed by atoms with Crippen molar-refractivity contribution in [3.05, 3.63) is 48.0 Å². The monoisotopic (exact) mass is 375 g/mol. The van der Waals surface area contributed by atoms with Crippen LogP contribution < -0.4 is 20.1 Å². The van der Waals surface area contributed by atoms with Crippen LogP contribution in [0.25, 0.3) is 0 Å². The van der Waals surface area contributed by atoms with Crippen molar-refractivity contribution < 1.29 is 22.7 Å². The Labute approximate surface area is 150 Å². The molecule has 0 atom stereocenters. The molecular formula is C17H17N3O5S. The quantitative estimate of drug-likeness (QED) is 0.751. The van der Waals surface area contributed by atoms with Crippen molar-refractivity contribution in [2.45, 2.75) is 11.8 Å². The van der Waals surface area contributed by atoms with E-state index in [4.69, 9.17) is 4.74 Å². The van der Waals surface area contributed by atoms with Gasteiger partial charge in [-0.3, -0.25) is 14.3 Å². The Bertz CT molecular complexity index is 955. The molecule has 0 unspecified atom stereocenters. The summed E-state index contributed by atoms with van der Waals surface area (Å²) in [6.45, 7) is 2.10. The van der Waals surface area contributed by atoms with Crippen LogP contribution in [0.5, 0.6) is 5.75 Å². The Morgan fingerprint density at radius 2 is 1.81 bits per heavy atom. The minimum atomic E-state index is -3.85. The van der Waals surface area contributed by atoms with Gasteiger partial charge in [0.05, 0.1) is 17.0 Å². The average Bonchev–Trinajstić information content (AvgIpc) is 2.76. The smallest absolute Gasteiger partial charge is 0.261 e. The molecule has 0 aliphatic carbocycles. The Kier molecular flexibility index (Phi) is 4.81. The second-order valence-electron chi connectivity index (χ2n) is 5.63. The fourth-order valence-electron chi connectivity index (χ4n) is 2.45. The van der Waals surface area contributed by atoms with Gasteiger partial charge in [0.25, 0.3) is 15.9 Å². The van der Waals surface area contributed by atoms with E-state index in [1.54, 1.807) is 6.07 Å². The lowest BCUT2D eigenvalue weighted by atomic mass is 10.1. The number of carbonyl (C=O) groups is 2. The fourth-order valence-corrected chi connectivity index (χ4v) is 3.50. The minimum absolute atomic E-state index is 0.0299. The van der Waals surface area contributed by atoms with Gasteiger partial charge in [-0.05, 0) is 42.5 Å². The molecule has 0 saturated carbocycles. The molecule has 0 saturated heterocycles. The van der Waals surface area contributed by atoms with Crippen molar-refractivity contribution in [3.63, 3.8) is 0 Å². The van der Waals surface area contributed by atoms with Crippen LogP contribution in [0.3, 0.4) is 0 Å². The number of benzene rings is 2. The van der Waals surface area contributed by atoms with Crippen molar-refractivity contribution in [3.8, 4) is 5.75 Å². The molecule has 9 heteroatoms. The van der Waals surface area contributed by atoms with Crippen LogP contribution in [0.2, 0.25) is 0 Å². The standard InChI is InChI=1S/C17H17N3O5S/c1-11(21)19-12-2-5-14(6-3-12)26(23,24)20-13-4-7-16-15(10-13)17(22)18-8-9-25-16/h2-7,10,20H,8-9H2,1H3,(H,18,22)(H,19,21). The van der Waals surface area contributed by atoms with Crippen molar-refractivity contribution in [1.82, 2.24) is 5.32 Å². The molecule has 0 spiro atoms. The third-order valence-corrected chi connectivity index (χ3v) is 5.00. The zero-order chi connectivity index (χ0) is 18.7. The summed E-state index contributed by atoms with van der Waals surface area (Å²) in [5.41, 5.74) is 1.01. The third kappa shape index (κ3) is 3.94. The Morgan fingerprint density at radius 1 is 1.12 bits per heavy atom. The maximum Gasteiger partial charge on any atom is 0.261 e. The van der Waals surface area contributed by atoms with Crippen LogP contribution in [-0.4, -0.2) is 33.4 Å². The predicted molar refractivity (Wildman–Crippen MR) is 95.8 cm³/mol. The lowest BCUT2D eigenvalue weighted by molar-refractivity contribution is -0.114. The van der Waals surface area contributed by atoms with E-state index in [0.717, 1.165) is 0 Å². The van der Waals surface area contributed by atoms with Crippen molar-refractivity contribution in [2.24, 2.45) is 0 Å². The minimum Gasteiger partial charge on any atom is -0.491 e. The molecule has 0 bridgehead atoms. The molecule has 8 nitrogen and oxygen atoms in total. The van der Waals surface area contributed by atoms with Crippen LogP contribution in [0.4, 0.5) is 11.4 Å². The summed E-state index contributed by atoms with van der Waals surface area (Å²) < 4.78 is 32.9. The fraction of sp³-hybridized carbons (Fsp3) is 0.176. The van der Waals surface area contributed by atoms with Crippen LogP contribution >= 0.6 is 0 Å². The van der Waals surface area contributed by atoms with E-state index in [2.05, 4.69) is 15.4 Å². The van der Waals surface area contributed by atoms with Gasteiger partial charge in [-0.15, -0.1) is 0 Å². The Balaban J connectivity index is 1.83. The molecule has 1 aliphatic rings. The van der Waals surface area contributed by atoms with E-state index < -0.39 is 10.0 Å². The van der Waals surface area contributed by atoms with Gasteiger partial charge in [0.1, 0.15) is 12.4 Å². The van der Waals surface area contributed by atoms with Crippen molar-refractivity contribution in [2.75, 3.05) is 23.2 Å². The summed E-state index contributed by atoms with van der Waals surface area (Å²) in [5, 5.41) is 5.23.